The summed E-state index contributed by atoms with van der Waals surface area (Å²) < 4.78 is 0. The Balaban J connectivity index is 1.67. The zero-order valence-corrected chi connectivity index (χ0v) is 12.2. The standard InChI is InChI=1S/C15H17N3OS/c1-10-8-17-14(20-10)9-18-15(19)12-4-5-13-11(7-12)3-2-6-16-13/h4-5,7-8,16H,2-3,6,9H2,1H3,(H,18,19). The second kappa shape index (κ2) is 5.63. The largest absolute Gasteiger partial charge is 0.385 e. The summed E-state index contributed by atoms with van der Waals surface area (Å²) in [5.41, 5.74) is 3.11. The van der Waals surface area contributed by atoms with Crippen LogP contribution in [0.3, 0.4) is 0 Å². The summed E-state index contributed by atoms with van der Waals surface area (Å²) in [6, 6.07) is 5.86. The first kappa shape index (κ1) is 13.1. The molecule has 5 heteroatoms. The van der Waals surface area contributed by atoms with Crippen molar-refractivity contribution in [2.75, 3.05) is 11.9 Å². The molecule has 2 N–H and O–H groups in total. The molecular weight excluding hydrogens is 270 g/mol. The van der Waals surface area contributed by atoms with Gasteiger partial charge in [0, 0.05) is 28.9 Å². The number of benzene rings is 1. The number of hydrogen-bond donors (Lipinski definition) is 2. The van der Waals surface area contributed by atoms with E-state index < -0.39 is 0 Å². The fourth-order valence-electron chi connectivity index (χ4n) is 2.36. The molecule has 2 aromatic rings. The first-order valence-electron chi connectivity index (χ1n) is 6.79. The van der Waals surface area contributed by atoms with E-state index in [-0.39, 0.29) is 5.91 Å². The van der Waals surface area contributed by atoms with Crippen molar-refractivity contribution in [3.05, 3.63) is 45.4 Å². The average molecular weight is 287 g/mol. The summed E-state index contributed by atoms with van der Waals surface area (Å²) in [4.78, 5) is 17.6. The zero-order valence-electron chi connectivity index (χ0n) is 11.4. The van der Waals surface area contributed by atoms with E-state index in [1.54, 1.807) is 11.3 Å². The molecule has 1 aromatic carbocycles. The Morgan fingerprint density at radius 2 is 2.40 bits per heavy atom. The fourth-order valence-corrected chi connectivity index (χ4v) is 3.08. The quantitative estimate of drug-likeness (QED) is 0.912. The normalized spacial score (nSPS) is 13.4. The van der Waals surface area contributed by atoms with Crippen LogP contribution >= 0.6 is 11.3 Å². The molecule has 1 aliphatic heterocycles. The predicted octanol–water partition coefficient (Wildman–Crippen LogP) is 2.74. The number of thiazole rings is 1. The molecule has 0 saturated heterocycles. The van der Waals surface area contributed by atoms with Crippen LogP contribution in [0.1, 0.15) is 32.2 Å². The highest BCUT2D eigenvalue weighted by molar-refractivity contribution is 7.11. The molecule has 0 unspecified atom stereocenters. The van der Waals surface area contributed by atoms with Crippen molar-refractivity contribution in [2.24, 2.45) is 0 Å². The van der Waals surface area contributed by atoms with Crippen molar-refractivity contribution in [1.82, 2.24) is 10.3 Å². The molecule has 0 fully saturated rings. The van der Waals surface area contributed by atoms with E-state index >= 15 is 0 Å². The maximum absolute atomic E-state index is 12.2. The van der Waals surface area contributed by atoms with Gasteiger partial charge in [-0.25, -0.2) is 4.98 Å². The van der Waals surface area contributed by atoms with Crippen LogP contribution in [0.4, 0.5) is 5.69 Å². The molecule has 2 heterocycles. The second-order valence-electron chi connectivity index (χ2n) is 4.95. The van der Waals surface area contributed by atoms with E-state index in [0.29, 0.717) is 6.54 Å². The number of nitrogens with one attached hydrogen (secondary N) is 2. The van der Waals surface area contributed by atoms with Gasteiger partial charge in [-0.3, -0.25) is 4.79 Å². The Kier molecular flexibility index (Phi) is 3.69. The number of nitrogens with zero attached hydrogens (tertiary/aromatic N) is 1. The van der Waals surface area contributed by atoms with Gasteiger partial charge in [0.2, 0.25) is 0 Å². The first-order chi connectivity index (χ1) is 9.72. The van der Waals surface area contributed by atoms with Crippen molar-refractivity contribution in [1.29, 1.82) is 0 Å². The molecule has 1 amide bonds. The SMILES string of the molecule is Cc1cnc(CNC(=O)c2ccc3c(c2)CCCN3)s1. The molecule has 0 aliphatic carbocycles. The zero-order chi connectivity index (χ0) is 13.9. The molecular formula is C15H17N3OS. The van der Waals surface area contributed by atoms with Gasteiger partial charge < -0.3 is 10.6 Å². The number of anilines is 1. The van der Waals surface area contributed by atoms with Crippen LogP contribution in [0.25, 0.3) is 0 Å². The first-order valence-corrected chi connectivity index (χ1v) is 7.60. The Morgan fingerprint density at radius 3 is 3.20 bits per heavy atom. The lowest BCUT2D eigenvalue weighted by Gasteiger charge is -2.18. The Hall–Kier alpha value is -1.88. The third kappa shape index (κ3) is 2.82. The van der Waals surface area contributed by atoms with E-state index in [1.165, 1.54) is 5.56 Å². The van der Waals surface area contributed by atoms with Gasteiger partial charge in [-0.15, -0.1) is 11.3 Å². The number of hydrogen-bond acceptors (Lipinski definition) is 4. The lowest BCUT2D eigenvalue weighted by molar-refractivity contribution is 0.0951. The van der Waals surface area contributed by atoms with Crippen LogP contribution in [-0.2, 0) is 13.0 Å². The molecule has 104 valence electrons. The Labute approximate surface area is 122 Å². The number of fused-ring (bicyclic) bond motifs is 1. The van der Waals surface area contributed by atoms with E-state index in [0.717, 1.165) is 40.5 Å². The van der Waals surface area contributed by atoms with E-state index in [1.807, 2.05) is 31.3 Å². The molecule has 0 saturated carbocycles. The number of aromatic nitrogens is 1. The highest BCUT2D eigenvalue weighted by atomic mass is 32.1. The number of carbonyl (C=O) groups excluding carboxylic acids is 1. The Morgan fingerprint density at radius 1 is 1.50 bits per heavy atom. The molecule has 20 heavy (non-hydrogen) atoms. The lowest BCUT2D eigenvalue weighted by atomic mass is 10.0. The third-order valence-electron chi connectivity index (χ3n) is 3.38. The lowest BCUT2D eigenvalue weighted by Crippen LogP contribution is -2.23. The Bertz CT molecular complexity index is 636. The second-order valence-corrected chi connectivity index (χ2v) is 6.27. The summed E-state index contributed by atoms with van der Waals surface area (Å²) in [7, 11) is 0. The van der Waals surface area contributed by atoms with Gasteiger partial charge in [-0.2, -0.15) is 0 Å². The van der Waals surface area contributed by atoms with Crippen LogP contribution in [0.15, 0.2) is 24.4 Å². The highest BCUT2D eigenvalue weighted by Crippen LogP contribution is 2.23. The monoisotopic (exact) mass is 287 g/mol. The van der Waals surface area contributed by atoms with Gasteiger partial charge in [-0.1, -0.05) is 0 Å². The summed E-state index contributed by atoms with van der Waals surface area (Å²) in [6.45, 7) is 3.52. The maximum Gasteiger partial charge on any atom is 0.251 e. The van der Waals surface area contributed by atoms with E-state index in [2.05, 4.69) is 15.6 Å². The smallest absolute Gasteiger partial charge is 0.251 e. The summed E-state index contributed by atoms with van der Waals surface area (Å²) in [5, 5.41) is 7.21. The minimum Gasteiger partial charge on any atom is -0.385 e. The minimum absolute atomic E-state index is 0.0359. The van der Waals surface area contributed by atoms with Gasteiger partial charge in [0.25, 0.3) is 5.91 Å². The van der Waals surface area contributed by atoms with Crippen molar-refractivity contribution >= 4 is 22.9 Å². The molecule has 3 rings (SSSR count). The van der Waals surface area contributed by atoms with Crippen LogP contribution in [0.2, 0.25) is 0 Å². The highest BCUT2D eigenvalue weighted by Gasteiger charge is 2.12. The van der Waals surface area contributed by atoms with Crippen molar-refractivity contribution in [3.8, 4) is 0 Å². The van der Waals surface area contributed by atoms with Crippen LogP contribution < -0.4 is 10.6 Å². The topological polar surface area (TPSA) is 54.0 Å². The van der Waals surface area contributed by atoms with Gasteiger partial charge in [0.1, 0.15) is 5.01 Å². The third-order valence-corrected chi connectivity index (χ3v) is 4.29. The van der Waals surface area contributed by atoms with E-state index in [9.17, 15) is 4.79 Å². The van der Waals surface area contributed by atoms with Crippen molar-refractivity contribution < 1.29 is 4.79 Å². The van der Waals surface area contributed by atoms with Crippen molar-refractivity contribution in [3.63, 3.8) is 0 Å². The molecule has 1 aliphatic rings. The molecule has 4 nitrogen and oxygen atoms in total. The predicted molar refractivity (Wildman–Crippen MR) is 81.3 cm³/mol. The number of carbonyl (C=O) groups is 1. The summed E-state index contributed by atoms with van der Waals surface area (Å²) in [6.07, 6.45) is 3.99. The minimum atomic E-state index is -0.0359. The van der Waals surface area contributed by atoms with Gasteiger partial charge >= 0.3 is 0 Å². The van der Waals surface area contributed by atoms with Crippen LogP contribution in [0.5, 0.6) is 0 Å². The number of amides is 1. The molecule has 0 spiro atoms. The fraction of sp³-hybridized carbons (Fsp3) is 0.333. The van der Waals surface area contributed by atoms with Gasteiger partial charge in [0.05, 0.1) is 6.54 Å². The average Bonchev–Trinajstić information content (AvgIpc) is 2.90. The maximum atomic E-state index is 12.2. The van der Waals surface area contributed by atoms with Crippen molar-refractivity contribution in [2.45, 2.75) is 26.3 Å². The molecule has 0 radical (unpaired) electrons. The molecule has 1 aromatic heterocycles. The summed E-state index contributed by atoms with van der Waals surface area (Å²) in [5.74, 6) is -0.0359. The summed E-state index contributed by atoms with van der Waals surface area (Å²) >= 11 is 1.61. The molecule has 0 bridgehead atoms. The number of rotatable bonds is 3. The number of aryl methyl sites for hydroxylation is 2. The van der Waals surface area contributed by atoms with Crippen LogP contribution in [0, 0.1) is 6.92 Å². The van der Waals surface area contributed by atoms with Gasteiger partial charge in [0.15, 0.2) is 0 Å². The van der Waals surface area contributed by atoms with E-state index in [4.69, 9.17) is 0 Å². The van der Waals surface area contributed by atoms with Gasteiger partial charge in [-0.05, 0) is 43.5 Å². The molecule has 0 atom stereocenters. The van der Waals surface area contributed by atoms with Crippen LogP contribution in [-0.4, -0.2) is 17.4 Å².